The molecule has 25 N–H and O–H groups in total. The number of aliphatic imine (C=N–C) groups is 2. The number of nitrogens with two attached hydrogens (primary N) is 4. The summed E-state index contributed by atoms with van der Waals surface area (Å²) in [7, 11) is 1.20. The number of hydrogen-bond donors (Lipinski definition) is 21. The molecule has 40 heteroatoms. The number of carbonyl (C=O) groups excluding carboxylic acids is 13. The number of likely N-dealkylation sites (N-methyl/N-ethyl adjacent to an activating group) is 1. The van der Waals surface area contributed by atoms with E-state index < -0.39 is 243 Å². The van der Waals surface area contributed by atoms with Gasteiger partial charge in [-0.3, -0.25) is 86.8 Å². The Morgan fingerprint density at radius 3 is 1.49 bits per heavy atom. The normalized spacial score (nSPS) is 23.5. The molecule has 13 amide bonds. The first kappa shape index (κ1) is 96.0. The van der Waals surface area contributed by atoms with Crippen LogP contribution >= 0.6 is 0 Å². The monoisotopic (exact) mass is 1620 g/mol. The molecule has 0 spiro atoms. The van der Waals surface area contributed by atoms with Gasteiger partial charge in [0.2, 0.25) is 70.9 Å². The van der Waals surface area contributed by atoms with Gasteiger partial charge >= 0.3 is 11.9 Å². The number of aromatic amines is 1. The minimum absolute atomic E-state index is 0.0507. The number of aliphatic carboxylic acids is 2. The van der Waals surface area contributed by atoms with E-state index in [4.69, 9.17) is 22.9 Å². The number of carboxylic acids is 2. The van der Waals surface area contributed by atoms with E-state index in [0.29, 0.717) is 22.0 Å². The predicted octanol–water partition coefficient (Wildman–Crippen LogP) is -4.52. The van der Waals surface area contributed by atoms with E-state index in [1.165, 1.54) is 20.2 Å². The molecular weight excluding hydrogens is 1500 g/mol. The molecule has 4 rings (SSSR count). The van der Waals surface area contributed by atoms with Crippen molar-refractivity contribution in [2.45, 2.75) is 230 Å². The summed E-state index contributed by atoms with van der Waals surface area (Å²) in [5, 5.41) is 90.1. The molecule has 1 fully saturated rings. The number of aliphatic hydroxyl groups excluding tert-OH is 4. The average Bonchev–Trinajstić information content (AvgIpc) is 1.05. The SMILES string of the molecule is CC[C@H](C)[C@@H]1NC(=O)[C@@H](Cc2c[nH]c3ccccc23)NC(=O)[C@@H](CCC(=O)O)NC(=O)[C@H](CCC(=O)O)NC(=O)[C@@H](CCCN=C(N)N)NC(=O)[C@H](CC(C)C)NC(=O)[C@@H](Cc2ccccc2)N(C)C(=O)CNC(=O)[C@H](CO)NC(=O)[C@@H](CCCN=C(N)N)NC(=O)[C@H]([C@@H](C)O)N(C(=O)C[C@@H](O)CC(C)C)C(=O)[C@H]([C@@H](C)O)NC1=O. The fourth-order valence-electron chi connectivity index (χ4n) is 12.6. The van der Waals surface area contributed by atoms with Gasteiger partial charge in [-0.1, -0.05) is 96.5 Å². The Morgan fingerprint density at radius 2 is 1.00 bits per heavy atom. The first-order chi connectivity index (χ1) is 54.2. The van der Waals surface area contributed by atoms with Crippen molar-refractivity contribution in [1.29, 1.82) is 0 Å². The molecule has 1 aliphatic rings. The molecule has 1 saturated heterocycles. The van der Waals surface area contributed by atoms with E-state index in [1.807, 2.05) is 0 Å². The lowest BCUT2D eigenvalue weighted by Crippen LogP contribution is -2.66. The topological polar surface area (TPSA) is 649 Å². The number of rotatable bonds is 29. The van der Waals surface area contributed by atoms with Gasteiger partial charge in [0.1, 0.15) is 66.5 Å². The van der Waals surface area contributed by atoms with Crippen LogP contribution in [0.4, 0.5) is 0 Å². The number of imide groups is 1. The summed E-state index contributed by atoms with van der Waals surface area (Å²) in [5.41, 5.74) is 23.7. The van der Waals surface area contributed by atoms with Crippen molar-refractivity contribution in [2.75, 3.05) is 33.3 Å². The molecule has 0 unspecified atom stereocenters. The molecular formula is C75H115N19O21. The van der Waals surface area contributed by atoms with Gasteiger partial charge in [0, 0.05) is 62.9 Å². The van der Waals surface area contributed by atoms with Gasteiger partial charge < -0.3 is 117 Å². The summed E-state index contributed by atoms with van der Waals surface area (Å²) in [4.78, 5) is 229. The van der Waals surface area contributed by atoms with Crippen LogP contribution in [0.1, 0.15) is 144 Å². The fraction of sp³-hybridized carbons (Fsp3) is 0.587. The van der Waals surface area contributed by atoms with Gasteiger partial charge in [0.05, 0.1) is 37.9 Å². The summed E-state index contributed by atoms with van der Waals surface area (Å²) < 4.78 is 0. The number of nitrogens with zero attached hydrogens (tertiary/aromatic N) is 4. The minimum Gasteiger partial charge on any atom is -0.481 e. The van der Waals surface area contributed by atoms with Crippen LogP contribution in [0, 0.1) is 17.8 Å². The van der Waals surface area contributed by atoms with Crippen molar-refractivity contribution >= 4 is 112 Å². The van der Waals surface area contributed by atoms with Crippen molar-refractivity contribution in [3.63, 3.8) is 0 Å². The number of guanidine groups is 2. The number of benzene rings is 2. The second-order valence-electron chi connectivity index (χ2n) is 29.4. The molecule has 115 heavy (non-hydrogen) atoms. The second kappa shape index (κ2) is 47.3. The molecule has 15 atom stereocenters. The number of hydrogen-bond acceptors (Lipinski definition) is 21. The molecule has 0 saturated carbocycles. The third kappa shape index (κ3) is 31.5. The predicted molar refractivity (Wildman–Crippen MR) is 418 cm³/mol. The van der Waals surface area contributed by atoms with Crippen LogP contribution in [0.15, 0.2) is 70.8 Å². The van der Waals surface area contributed by atoms with Crippen LogP contribution in [0.2, 0.25) is 0 Å². The van der Waals surface area contributed by atoms with E-state index in [9.17, 15) is 83.4 Å². The molecule has 636 valence electrons. The highest BCUT2D eigenvalue weighted by molar-refractivity contribution is 6.06. The lowest BCUT2D eigenvalue weighted by Gasteiger charge is -2.36. The average molecular weight is 1620 g/mol. The Labute approximate surface area is 665 Å². The van der Waals surface area contributed by atoms with Crippen LogP contribution in [-0.4, -0.2) is 264 Å². The van der Waals surface area contributed by atoms with Crippen molar-refractivity contribution in [1.82, 2.24) is 68.0 Å². The number of para-hydroxylation sites is 1. The summed E-state index contributed by atoms with van der Waals surface area (Å²) in [6.45, 7) is 9.40. The summed E-state index contributed by atoms with van der Waals surface area (Å²) in [6.07, 6.45) is -9.92. The highest BCUT2D eigenvalue weighted by Gasteiger charge is 2.46. The lowest BCUT2D eigenvalue weighted by molar-refractivity contribution is -0.160. The van der Waals surface area contributed by atoms with Crippen LogP contribution in [-0.2, 0) is 84.8 Å². The maximum absolute atomic E-state index is 15.4. The van der Waals surface area contributed by atoms with Gasteiger partial charge in [-0.05, 0) is 100 Å². The van der Waals surface area contributed by atoms with Gasteiger partial charge in [-0.25, -0.2) is 0 Å². The Hall–Kier alpha value is -11.4. The molecule has 40 nitrogen and oxygen atoms in total. The molecule has 0 radical (unpaired) electrons. The van der Waals surface area contributed by atoms with Crippen LogP contribution < -0.4 is 76.1 Å². The Bertz CT molecular complexity index is 3900. The quantitative estimate of drug-likeness (QED) is 0.0177. The number of fused-ring (bicyclic) bond motifs is 1. The van der Waals surface area contributed by atoms with Gasteiger partial charge in [-0.15, -0.1) is 0 Å². The number of carbonyl (C=O) groups is 15. The maximum Gasteiger partial charge on any atom is 0.303 e. The lowest BCUT2D eigenvalue weighted by atomic mass is 9.96. The number of carboxylic acid groups (broad SMARTS) is 2. The number of amides is 13. The third-order valence-electron chi connectivity index (χ3n) is 19.0. The largest absolute Gasteiger partial charge is 0.481 e. The maximum atomic E-state index is 15.4. The van der Waals surface area contributed by atoms with Crippen molar-refractivity contribution in [3.8, 4) is 0 Å². The Morgan fingerprint density at radius 1 is 0.530 bits per heavy atom. The zero-order valence-corrected chi connectivity index (χ0v) is 66.2. The highest BCUT2D eigenvalue weighted by atomic mass is 16.4. The van der Waals surface area contributed by atoms with Crippen molar-refractivity contribution in [3.05, 3.63) is 71.9 Å². The molecule has 0 aliphatic carbocycles. The van der Waals surface area contributed by atoms with E-state index in [0.717, 1.165) is 18.7 Å². The molecule has 0 bridgehead atoms. The molecule has 1 aliphatic heterocycles. The first-order valence-electron chi connectivity index (χ1n) is 38.1. The molecule has 2 heterocycles. The molecule has 2 aromatic carbocycles. The number of aromatic nitrogens is 1. The smallest absolute Gasteiger partial charge is 0.303 e. The highest BCUT2D eigenvalue weighted by Crippen LogP contribution is 2.23. The van der Waals surface area contributed by atoms with Crippen LogP contribution in [0.3, 0.4) is 0 Å². The van der Waals surface area contributed by atoms with Crippen LogP contribution in [0.5, 0.6) is 0 Å². The van der Waals surface area contributed by atoms with Gasteiger partial charge in [0.25, 0.3) is 5.91 Å². The zero-order chi connectivity index (χ0) is 86.1. The van der Waals surface area contributed by atoms with Crippen molar-refractivity contribution in [2.24, 2.45) is 50.7 Å². The molecule has 3 aromatic rings. The zero-order valence-electron chi connectivity index (χ0n) is 66.2. The minimum atomic E-state index is -2.41. The first-order valence-corrected chi connectivity index (χ1v) is 38.1. The Kier molecular flexibility index (Phi) is 39.5. The summed E-state index contributed by atoms with van der Waals surface area (Å²) in [5.74, 6) is -21.1. The van der Waals surface area contributed by atoms with E-state index >= 15 is 19.2 Å². The summed E-state index contributed by atoms with van der Waals surface area (Å²) >= 11 is 0. The summed E-state index contributed by atoms with van der Waals surface area (Å²) in [6, 6.07) is -5.64. The number of H-pyrrole nitrogens is 1. The molecule has 1 aromatic heterocycles. The third-order valence-corrected chi connectivity index (χ3v) is 19.0. The van der Waals surface area contributed by atoms with Crippen molar-refractivity contribution < 1.29 is 103 Å². The van der Waals surface area contributed by atoms with Gasteiger partial charge in [0.15, 0.2) is 11.9 Å². The fourth-order valence-corrected chi connectivity index (χ4v) is 12.6. The number of nitrogens with one attached hydrogen (secondary N) is 11. The Balaban J connectivity index is 2.05. The van der Waals surface area contributed by atoms with Gasteiger partial charge in [-0.2, -0.15) is 0 Å². The van der Waals surface area contributed by atoms with E-state index in [1.54, 1.807) is 89.2 Å². The van der Waals surface area contributed by atoms with E-state index in [2.05, 4.69) is 68.1 Å². The standard InChI is InChI=1S/C75H115N19O21/c1-10-40(6)60-71(113)92-61(41(7)96)73(115)94(56(99)34-45(98)30-38(2)3)62(42(8)97)72(114)87-49(23-17-29-81-75(78)79)65(107)90-54(37-95)63(105)83-36-57(100)93(9)55(32-43-18-12-11-13-19-43)70(112)89-52(31-39(4)5)68(110)84-48(22-16-28-80-74(76)77)64(106)85-50(24-26-58(101)102)66(108)86-51(25-27-59(103)104)67(109)88-53(69(111)91-60)33-44-35-82-47-21-15-14-20-46(44)47/h11-15,18-21,35,38-42,45,48-55,60-62,82,95-98H,10,16-17,22-34,36-37H2,1-9H3,(H,83,105)(H,84,110)(H,85,106)(H,86,108)(H,87,114)(H,88,109)(H,89,112)(H,90,107)(H,91,111)(H,92,113)(H,101,102)(H,103,104)(H4,76,77,80)(H4,78,79,81)/t40-,41+,42+,45-,48+,49+,50-,51+,52-,53+,54-,55+,60-,61-,62-/m0/s1. The number of aliphatic hydroxyl groups is 4. The van der Waals surface area contributed by atoms with Crippen LogP contribution in [0.25, 0.3) is 10.9 Å². The van der Waals surface area contributed by atoms with E-state index in [-0.39, 0.29) is 80.8 Å². The second-order valence-corrected chi connectivity index (χ2v) is 29.4.